The van der Waals surface area contributed by atoms with Crippen LogP contribution in [0.4, 0.5) is 0 Å². The number of rotatable bonds is 5. The Hall–Kier alpha value is -1.13. The van der Waals surface area contributed by atoms with Crippen LogP contribution in [0.5, 0.6) is 0 Å². The zero-order valence-electron chi connectivity index (χ0n) is 8.59. The van der Waals surface area contributed by atoms with Gasteiger partial charge in [-0.3, -0.25) is 4.18 Å². The van der Waals surface area contributed by atoms with E-state index in [9.17, 15) is 8.42 Å². The Morgan fingerprint density at radius 3 is 2.53 bits per heavy atom. The van der Waals surface area contributed by atoms with Gasteiger partial charge in [-0.25, -0.2) is 0 Å². The van der Waals surface area contributed by atoms with Gasteiger partial charge in [0.05, 0.1) is 12.9 Å². The molecule has 0 fully saturated rings. The molecule has 0 aromatic heterocycles. The third kappa shape index (κ3) is 6.04. The first kappa shape index (κ1) is 11.9. The molecule has 0 atom stereocenters. The second-order valence-electron chi connectivity index (χ2n) is 3.13. The van der Waals surface area contributed by atoms with Gasteiger partial charge >= 0.3 is 0 Å². The maximum absolute atomic E-state index is 10.6. The normalized spacial score (nSPS) is 12.1. The highest BCUT2D eigenvalue weighted by molar-refractivity contribution is 7.85. The highest BCUT2D eigenvalue weighted by Crippen LogP contribution is 2.02. The molecule has 3 nitrogen and oxygen atoms in total. The highest BCUT2D eigenvalue weighted by Gasteiger charge is 1.98. The van der Waals surface area contributed by atoms with Crippen LogP contribution in [0, 0.1) is 0 Å². The Morgan fingerprint density at radius 2 is 1.93 bits per heavy atom. The molecule has 0 heterocycles. The van der Waals surface area contributed by atoms with Gasteiger partial charge in [-0.15, -0.1) is 0 Å². The third-order valence-electron chi connectivity index (χ3n) is 1.69. The molecule has 0 aliphatic carbocycles. The first-order chi connectivity index (χ1) is 7.08. The van der Waals surface area contributed by atoms with Crippen molar-refractivity contribution in [2.45, 2.75) is 6.42 Å². The van der Waals surface area contributed by atoms with Gasteiger partial charge in [-0.05, 0) is 12.0 Å². The lowest BCUT2D eigenvalue weighted by molar-refractivity contribution is 0.329. The zero-order valence-corrected chi connectivity index (χ0v) is 9.41. The summed E-state index contributed by atoms with van der Waals surface area (Å²) >= 11 is 0. The van der Waals surface area contributed by atoms with Crippen LogP contribution in [-0.4, -0.2) is 21.3 Å². The van der Waals surface area contributed by atoms with E-state index in [2.05, 4.69) is 4.18 Å². The molecule has 0 N–H and O–H groups in total. The van der Waals surface area contributed by atoms with Crippen LogP contribution in [0.25, 0.3) is 6.08 Å². The maximum atomic E-state index is 10.6. The molecule has 82 valence electrons. The van der Waals surface area contributed by atoms with Gasteiger partial charge in [0.25, 0.3) is 10.1 Å². The van der Waals surface area contributed by atoms with Crippen LogP contribution in [0.2, 0.25) is 0 Å². The maximum Gasteiger partial charge on any atom is 0.264 e. The van der Waals surface area contributed by atoms with Gasteiger partial charge in [-0.2, -0.15) is 8.42 Å². The van der Waals surface area contributed by atoms with Crippen molar-refractivity contribution in [3.63, 3.8) is 0 Å². The molecule has 0 aliphatic heterocycles. The molecule has 0 saturated heterocycles. The minimum absolute atomic E-state index is 0.197. The van der Waals surface area contributed by atoms with Crippen molar-refractivity contribution in [1.29, 1.82) is 0 Å². The van der Waals surface area contributed by atoms with Gasteiger partial charge in [0.15, 0.2) is 0 Å². The van der Waals surface area contributed by atoms with E-state index in [1.807, 2.05) is 42.5 Å². The molecule has 0 spiro atoms. The summed E-state index contributed by atoms with van der Waals surface area (Å²) in [6, 6.07) is 9.81. The van der Waals surface area contributed by atoms with Crippen LogP contribution >= 0.6 is 0 Å². The first-order valence-electron chi connectivity index (χ1n) is 4.64. The summed E-state index contributed by atoms with van der Waals surface area (Å²) < 4.78 is 25.8. The van der Waals surface area contributed by atoms with Gasteiger partial charge in [-0.1, -0.05) is 42.5 Å². The van der Waals surface area contributed by atoms with E-state index < -0.39 is 10.1 Å². The second kappa shape index (κ2) is 5.68. The third-order valence-corrected chi connectivity index (χ3v) is 2.29. The average molecular weight is 226 g/mol. The van der Waals surface area contributed by atoms with Crippen LogP contribution in [-0.2, 0) is 14.3 Å². The summed E-state index contributed by atoms with van der Waals surface area (Å²) in [6.45, 7) is 0.197. The lowest BCUT2D eigenvalue weighted by Gasteiger charge is -1.96. The van der Waals surface area contributed by atoms with Crippen molar-refractivity contribution in [2.75, 3.05) is 12.9 Å². The number of benzene rings is 1. The molecule has 1 aromatic carbocycles. The predicted molar refractivity (Wildman–Crippen MR) is 60.9 cm³/mol. The summed E-state index contributed by atoms with van der Waals surface area (Å²) in [4.78, 5) is 0. The summed E-state index contributed by atoms with van der Waals surface area (Å²) in [5, 5.41) is 0. The van der Waals surface area contributed by atoms with E-state index in [0.29, 0.717) is 6.42 Å². The fraction of sp³-hybridized carbons (Fsp3) is 0.273. The summed E-state index contributed by atoms with van der Waals surface area (Å²) in [5.74, 6) is 0. The van der Waals surface area contributed by atoms with Crippen molar-refractivity contribution < 1.29 is 12.6 Å². The minimum atomic E-state index is -3.30. The molecule has 0 bridgehead atoms. The van der Waals surface area contributed by atoms with E-state index in [4.69, 9.17) is 0 Å². The van der Waals surface area contributed by atoms with Crippen molar-refractivity contribution in [2.24, 2.45) is 0 Å². The summed E-state index contributed by atoms with van der Waals surface area (Å²) in [7, 11) is -3.30. The van der Waals surface area contributed by atoms with Crippen LogP contribution in [0.15, 0.2) is 36.4 Å². The molecule has 0 radical (unpaired) electrons. The molecule has 0 unspecified atom stereocenters. The molecular weight excluding hydrogens is 212 g/mol. The van der Waals surface area contributed by atoms with Crippen molar-refractivity contribution in [3.05, 3.63) is 42.0 Å². The van der Waals surface area contributed by atoms with Crippen molar-refractivity contribution in [1.82, 2.24) is 0 Å². The van der Waals surface area contributed by atoms with E-state index in [0.717, 1.165) is 11.8 Å². The SMILES string of the molecule is CS(=O)(=O)OCC/C=C\c1ccccc1. The Kier molecular flexibility index (Phi) is 4.52. The first-order valence-corrected chi connectivity index (χ1v) is 6.45. The highest BCUT2D eigenvalue weighted by atomic mass is 32.2. The fourth-order valence-electron chi connectivity index (χ4n) is 1.05. The van der Waals surface area contributed by atoms with Gasteiger partial charge in [0.1, 0.15) is 0 Å². The Balaban J connectivity index is 2.30. The van der Waals surface area contributed by atoms with Crippen LogP contribution in [0.1, 0.15) is 12.0 Å². The smallest absolute Gasteiger partial charge is 0.264 e. The van der Waals surface area contributed by atoms with E-state index >= 15 is 0 Å². The molecule has 4 heteroatoms. The number of hydrogen-bond acceptors (Lipinski definition) is 3. The Morgan fingerprint density at radius 1 is 1.27 bits per heavy atom. The molecule has 0 saturated carbocycles. The Bertz CT molecular complexity index is 407. The average Bonchev–Trinajstić information content (AvgIpc) is 2.17. The standard InChI is InChI=1S/C11H14O3S/c1-15(12,13)14-10-6-5-9-11-7-3-2-4-8-11/h2-5,7-9H,6,10H2,1H3/b9-5-. The fourth-order valence-corrected chi connectivity index (χ4v) is 1.45. The monoisotopic (exact) mass is 226 g/mol. The van der Waals surface area contributed by atoms with Crippen LogP contribution < -0.4 is 0 Å². The van der Waals surface area contributed by atoms with Crippen LogP contribution in [0.3, 0.4) is 0 Å². The molecule has 1 aromatic rings. The van der Waals surface area contributed by atoms with Gasteiger partial charge in [0.2, 0.25) is 0 Å². The quantitative estimate of drug-likeness (QED) is 0.570. The minimum Gasteiger partial charge on any atom is -0.270 e. The van der Waals surface area contributed by atoms with E-state index in [1.54, 1.807) is 0 Å². The zero-order chi connectivity index (χ0) is 11.1. The summed E-state index contributed by atoms with van der Waals surface area (Å²) in [6.07, 6.45) is 5.46. The molecule has 1 rings (SSSR count). The molecule has 15 heavy (non-hydrogen) atoms. The lowest BCUT2D eigenvalue weighted by Crippen LogP contribution is -2.02. The van der Waals surface area contributed by atoms with E-state index in [-0.39, 0.29) is 6.61 Å². The topological polar surface area (TPSA) is 43.4 Å². The van der Waals surface area contributed by atoms with Gasteiger partial charge in [0, 0.05) is 0 Å². The largest absolute Gasteiger partial charge is 0.270 e. The van der Waals surface area contributed by atoms with Crippen molar-refractivity contribution >= 4 is 16.2 Å². The van der Waals surface area contributed by atoms with Crippen molar-refractivity contribution in [3.8, 4) is 0 Å². The predicted octanol–water partition coefficient (Wildman–Crippen LogP) is 2.07. The second-order valence-corrected chi connectivity index (χ2v) is 4.77. The number of hydrogen-bond donors (Lipinski definition) is 0. The van der Waals surface area contributed by atoms with Gasteiger partial charge < -0.3 is 0 Å². The van der Waals surface area contributed by atoms with E-state index in [1.165, 1.54) is 0 Å². The summed E-state index contributed by atoms with van der Waals surface area (Å²) in [5.41, 5.74) is 1.09. The molecule has 0 amide bonds. The Labute approximate surface area is 90.5 Å². The molecular formula is C11H14O3S. The molecule has 0 aliphatic rings. The lowest BCUT2D eigenvalue weighted by atomic mass is 10.2.